The van der Waals surface area contributed by atoms with Crippen LogP contribution in [0.15, 0.2) is 0 Å². The number of carbonyl (C=O) groups is 1. The number of unbranched alkanes of at least 4 members (excludes halogenated alkanes) is 1. The van der Waals surface area contributed by atoms with Crippen LogP contribution in [0.25, 0.3) is 0 Å². The van der Waals surface area contributed by atoms with Crippen LogP contribution in [0.4, 0.5) is 0 Å². The van der Waals surface area contributed by atoms with Gasteiger partial charge in [-0.1, -0.05) is 39.5 Å². The first-order valence-corrected chi connectivity index (χ1v) is 8.21. The van der Waals surface area contributed by atoms with Crippen molar-refractivity contribution in [1.29, 1.82) is 0 Å². The summed E-state index contributed by atoms with van der Waals surface area (Å²) in [5, 5.41) is 3.29. The number of nitrogens with one attached hydrogen (secondary N) is 1. The van der Waals surface area contributed by atoms with Crippen molar-refractivity contribution in [2.45, 2.75) is 77.7 Å². The number of hydrogen-bond acceptors (Lipinski definition) is 2. The zero-order valence-corrected chi connectivity index (χ0v) is 12.8. The number of carbonyl (C=O) groups excluding carboxylic acids is 1. The SMILES string of the molecule is CCCCC(CCC)NC(=O)C1CCCC(CN)C1. The van der Waals surface area contributed by atoms with Crippen molar-refractivity contribution in [2.75, 3.05) is 6.54 Å². The summed E-state index contributed by atoms with van der Waals surface area (Å²) < 4.78 is 0. The Morgan fingerprint density at radius 1 is 1.26 bits per heavy atom. The van der Waals surface area contributed by atoms with Crippen molar-refractivity contribution in [3.63, 3.8) is 0 Å². The third-order valence-electron chi connectivity index (χ3n) is 4.38. The van der Waals surface area contributed by atoms with Gasteiger partial charge in [0.05, 0.1) is 0 Å². The maximum absolute atomic E-state index is 12.4. The van der Waals surface area contributed by atoms with Crippen molar-refractivity contribution in [3.05, 3.63) is 0 Å². The highest BCUT2D eigenvalue weighted by Crippen LogP contribution is 2.28. The lowest BCUT2D eigenvalue weighted by atomic mass is 9.81. The average molecular weight is 268 g/mol. The molecule has 0 aromatic rings. The highest BCUT2D eigenvalue weighted by atomic mass is 16.1. The van der Waals surface area contributed by atoms with Crippen LogP contribution in [0.3, 0.4) is 0 Å². The predicted molar refractivity (Wildman–Crippen MR) is 80.9 cm³/mol. The minimum absolute atomic E-state index is 0.211. The van der Waals surface area contributed by atoms with Gasteiger partial charge in [0.2, 0.25) is 5.91 Å². The van der Waals surface area contributed by atoms with Crippen molar-refractivity contribution >= 4 is 5.91 Å². The van der Waals surface area contributed by atoms with Crippen LogP contribution in [0, 0.1) is 11.8 Å². The van der Waals surface area contributed by atoms with E-state index in [4.69, 9.17) is 5.73 Å². The minimum atomic E-state index is 0.211. The van der Waals surface area contributed by atoms with E-state index in [0.717, 1.165) is 45.1 Å². The molecule has 1 aliphatic carbocycles. The molecule has 3 N–H and O–H groups in total. The Labute approximate surface area is 118 Å². The van der Waals surface area contributed by atoms with E-state index in [1.807, 2.05) is 0 Å². The molecule has 1 fully saturated rings. The molecule has 1 saturated carbocycles. The molecule has 1 aliphatic rings. The lowest BCUT2D eigenvalue weighted by Crippen LogP contribution is -2.41. The average Bonchev–Trinajstić information content (AvgIpc) is 2.45. The Bertz CT molecular complexity index is 255. The van der Waals surface area contributed by atoms with Crippen LogP contribution < -0.4 is 11.1 Å². The van der Waals surface area contributed by atoms with E-state index in [1.165, 1.54) is 19.3 Å². The van der Waals surface area contributed by atoms with E-state index >= 15 is 0 Å². The molecule has 0 aromatic carbocycles. The largest absolute Gasteiger partial charge is 0.353 e. The Kier molecular flexibility index (Phi) is 8.11. The van der Waals surface area contributed by atoms with E-state index in [1.54, 1.807) is 0 Å². The standard InChI is InChI=1S/C16H32N2O/c1-3-5-10-15(7-4-2)18-16(19)14-9-6-8-13(11-14)12-17/h13-15H,3-12,17H2,1-2H3,(H,18,19). The summed E-state index contributed by atoms with van der Waals surface area (Å²) in [5.41, 5.74) is 5.75. The van der Waals surface area contributed by atoms with Crippen molar-refractivity contribution in [2.24, 2.45) is 17.6 Å². The van der Waals surface area contributed by atoms with Gasteiger partial charge < -0.3 is 11.1 Å². The zero-order valence-electron chi connectivity index (χ0n) is 12.8. The second-order valence-corrected chi connectivity index (χ2v) is 6.10. The molecule has 0 aromatic heterocycles. The van der Waals surface area contributed by atoms with Gasteiger partial charge in [0, 0.05) is 12.0 Å². The molecule has 3 nitrogen and oxygen atoms in total. The van der Waals surface area contributed by atoms with Crippen LogP contribution in [0.5, 0.6) is 0 Å². The molecular formula is C16H32N2O. The summed E-state index contributed by atoms with van der Waals surface area (Å²) in [6, 6.07) is 0.385. The fourth-order valence-corrected chi connectivity index (χ4v) is 3.15. The fourth-order valence-electron chi connectivity index (χ4n) is 3.15. The Morgan fingerprint density at radius 3 is 2.68 bits per heavy atom. The van der Waals surface area contributed by atoms with Gasteiger partial charge in [-0.25, -0.2) is 0 Å². The summed E-state index contributed by atoms with van der Waals surface area (Å²) >= 11 is 0. The monoisotopic (exact) mass is 268 g/mol. The molecular weight excluding hydrogens is 236 g/mol. The van der Waals surface area contributed by atoms with Crippen LogP contribution >= 0.6 is 0 Å². The van der Waals surface area contributed by atoms with Crippen molar-refractivity contribution < 1.29 is 4.79 Å². The molecule has 1 rings (SSSR count). The predicted octanol–water partition coefficient (Wildman–Crippen LogP) is 3.23. The fraction of sp³-hybridized carbons (Fsp3) is 0.938. The maximum Gasteiger partial charge on any atom is 0.223 e. The topological polar surface area (TPSA) is 55.1 Å². The van der Waals surface area contributed by atoms with E-state index in [-0.39, 0.29) is 11.8 Å². The van der Waals surface area contributed by atoms with Gasteiger partial charge in [0.1, 0.15) is 0 Å². The molecule has 0 heterocycles. The lowest BCUT2D eigenvalue weighted by molar-refractivity contribution is -0.127. The molecule has 0 aliphatic heterocycles. The summed E-state index contributed by atoms with van der Waals surface area (Å²) in [7, 11) is 0. The lowest BCUT2D eigenvalue weighted by Gasteiger charge is -2.29. The molecule has 112 valence electrons. The van der Waals surface area contributed by atoms with Gasteiger partial charge in [-0.2, -0.15) is 0 Å². The van der Waals surface area contributed by atoms with Gasteiger partial charge in [-0.05, 0) is 44.6 Å². The van der Waals surface area contributed by atoms with Gasteiger partial charge in [-0.3, -0.25) is 4.79 Å². The molecule has 0 saturated heterocycles. The van der Waals surface area contributed by atoms with Crippen LogP contribution in [0.1, 0.15) is 71.6 Å². The van der Waals surface area contributed by atoms with Gasteiger partial charge in [0.25, 0.3) is 0 Å². The third kappa shape index (κ3) is 5.94. The van der Waals surface area contributed by atoms with E-state index in [2.05, 4.69) is 19.2 Å². The first-order chi connectivity index (χ1) is 9.21. The van der Waals surface area contributed by atoms with Gasteiger partial charge in [-0.15, -0.1) is 0 Å². The smallest absolute Gasteiger partial charge is 0.223 e. The number of amides is 1. The normalized spacial score (nSPS) is 25.0. The van der Waals surface area contributed by atoms with Crippen LogP contribution in [-0.2, 0) is 4.79 Å². The van der Waals surface area contributed by atoms with Crippen molar-refractivity contribution in [3.8, 4) is 0 Å². The van der Waals surface area contributed by atoms with E-state index in [9.17, 15) is 4.79 Å². The van der Waals surface area contributed by atoms with Gasteiger partial charge in [0.15, 0.2) is 0 Å². The number of rotatable bonds is 8. The van der Waals surface area contributed by atoms with E-state index in [0.29, 0.717) is 12.0 Å². The molecule has 3 unspecified atom stereocenters. The molecule has 19 heavy (non-hydrogen) atoms. The summed E-state index contributed by atoms with van der Waals surface area (Å²) in [5.74, 6) is 1.06. The quantitative estimate of drug-likeness (QED) is 0.710. The molecule has 0 spiro atoms. The van der Waals surface area contributed by atoms with Crippen molar-refractivity contribution in [1.82, 2.24) is 5.32 Å². The zero-order chi connectivity index (χ0) is 14.1. The molecule has 1 amide bonds. The number of nitrogens with two attached hydrogens (primary N) is 1. The first-order valence-electron chi connectivity index (χ1n) is 8.21. The highest BCUT2D eigenvalue weighted by molar-refractivity contribution is 5.79. The molecule has 3 heteroatoms. The minimum Gasteiger partial charge on any atom is -0.353 e. The first kappa shape index (κ1) is 16.5. The molecule has 3 atom stereocenters. The Hall–Kier alpha value is -0.570. The van der Waals surface area contributed by atoms with Crippen LogP contribution in [0.2, 0.25) is 0 Å². The second kappa shape index (κ2) is 9.35. The third-order valence-corrected chi connectivity index (χ3v) is 4.38. The van der Waals surface area contributed by atoms with Gasteiger partial charge >= 0.3 is 0 Å². The summed E-state index contributed by atoms with van der Waals surface area (Å²) in [4.78, 5) is 12.4. The molecule has 0 bridgehead atoms. The maximum atomic E-state index is 12.4. The second-order valence-electron chi connectivity index (χ2n) is 6.10. The highest BCUT2D eigenvalue weighted by Gasteiger charge is 2.27. The Balaban J connectivity index is 2.41. The summed E-state index contributed by atoms with van der Waals surface area (Å²) in [6.07, 6.45) is 10.2. The number of hydrogen-bond donors (Lipinski definition) is 2. The summed E-state index contributed by atoms with van der Waals surface area (Å²) in [6.45, 7) is 5.13. The van der Waals surface area contributed by atoms with Crippen LogP contribution in [-0.4, -0.2) is 18.5 Å². The molecule has 0 radical (unpaired) electrons. The van der Waals surface area contributed by atoms with E-state index < -0.39 is 0 Å². The Morgan fingerprint density at radius 2 is 2.05 bits per heavy atom.